The predicted molar refractivity (Wildman–Crippen MR) is 130 cm³/mol. The lowest BCUT2D eigenvalue weighted by molar-refractivity contribution is -0.107. The Bertz CT molecular complexity index is 811. The molecule has 0 spiro atoms. The van der Waals surface area contributed by atoms with Crippen molar-refractivity contribution in [1.29, 1.82) is 0 Å². The molecular weight excluding hydrogens is 446 g/mol. The van der Waals surface area contributed by atoms with Gasteiger partial charge in [-0.1, -0.05) is 23.7 Å². The van der Waals surface area contributed by atoms with Crippen LogP contribution in [-0.2, 0) is 20.7 Å². The van der Waals surface area contributed by atoms with Crippen LogP contribution in [0.3, 0.4) is 0 Å². The third-order valence-corrected chi connectivity index (χ3v) is 4.26. The maximum Gasteiger partial charge on any atom is 0.417 e. The van der Waals surface area contributed by atoms with Crippen molar-refractivity contribution in [3.05, 3.63) is 34.9 Å². The van der Waals surface area contributed by atoms with Gasteiger partial charge in [0, 0.05) is 24.5 Å². The summed E-state index contributed by atoms with van der Waals surface area (Å²) in [6, 6.07) is 7.37. The molecule has 2 amide bonds. The second-order valence-electron chi connectivity index (χ2n) is 9.50. The molecule has 9 heteroatoms. The number of hydrogen-bond donors (Lipinski definition) is 1. The number of nitrogens with one attached hydrogen (secondary N) is 1. The second kappa shape index (κ2) is 13.2. The Hall–Kier alpha value is -2.61. The molecule has 0 aliphatic rings. The third-order valence-electron chi connectivity index (χ3n) is 4.01. The van der Waals surface area contributed by atoms with Crippen LogP contribution < -0.4 is 5.32 Å². The first-order valence-electron chi connectivity index (χ1n) is 11.0. The molecule has 1 aromatic rings. The number of aldehydes is 1. The van der Waals surface area contributed by atoms with Crippen molar-refractivity contribution in [2.75, 3.05) is 13.1 Å². The lowest BCUT2D eigenvalue weighted by Crippen LogP contribution is -2.50. The molecule has 8 nitrogen and oxygen atoms in total. The van der Waals surface area contributed by atoms with Gasteiger partial charge in [-0.2, -0.15) is 0 Å². The van der Waals surface area contributed by atoms with Crippen LogP contribution >= 0.6 is 11.6 Å². The van der Waals surface area contributed by atoms with Gasteiger partial charge in [-0.3, -0.25) is 10.3 Å². The van der Waals surface area contributed by atoms with Crippen LogP contribution in [0.2, 0.25) is 5.02 Å². The fraction of sp³-hybridized carbons (Fsp3) is 0.583. The molecule has 0 radical (unpaired) electrons. The predicted octanol–water partition coefficient (Wildman–Crippen LogP) is 5.37. The highest BCUT2D eigenvalue weighted by Gasteiger charge is 2.28. The van der Waals surface area contributed by atoms with E-state index >= 15 is 0 Å². The van der Waals surface area contributed by atoms with E-state index in [1.807, 2.05) is 12.1 Å². The minimum atomic E-state index is -0.738. The van der Waals surface area contributed by atoms with Gasteiger partial charge in [0.25, 0.3) is 0 Å². The van der Waals surface area contributed by atoms with Crippen LogP contribution in [-0.4, -0.2) is 53.6 Å². The summed E-state index contributed by atoms with van der Waals surface area (Å²) in [5.41, 5.74) is -0.452. The first kappa shape index (κ1) is 28.4. The molecule has 0 unspecified atom stereocenters. The Balaban J connectivity index is 3.12. The van der Waals surface area contributed by atoms with Gasteiger partial charge in [-0.25, -0.2) is 14.5 Å². The van der Waals surface area contributed by atoms with Crippen molar-refractivity contribution in [3.8, 4) is 0 Å². The van der Waals surface area contributed by atoms with Gasteiger partial charge in [0.1, 0.15) is 17.5 Å². The Morgan fingerprint density at radius 1 is 1.03 bits per heavy atom. The molecule has 0 atom stereocenters. The van der Waals surface area contributed by atoms with Crippen molar-refractivity contribution in [2.45, 2.75) is 78.4 Å². The number of aliphatic imine (C=N–C) groups is 1. The fourth-order valence-electron chi connectivity index (χ4n) is 2.63. The van der Waals surface area contributed by atoms with Crippen molar-refractivity contribution in [3.63, 3.8) is 0 Å². The minimum absolute atomic E-state index is 0.0403. The highest BCUT2D eigenvalue weighted by Crippen LogP contribution is 2.13. The highest BCUT2D eigenvalue weighted by atomic mass is 35.5. The molecule has 0 bridgehead atoms. The Morgan fingerprint density at radius 3 is 2.18 bits per heavy atom. The SMILES string of the molecule is CC(C)(C)OC(=O)NC(=NCCc1ccc(Cl)cc1)N(CCCCC=O)C(=O)OC(C)(C)C. The van der Waals surface area contributed by atoms with Crippen LogP contribution in [0.25, 0.3) is 0 Å². The van der Waals surface area contributed by atoms with E-state index in [1.165, 1.54) is 4.90 Å². The monoisotopic (exact) mass is 481 g/mol. The molecule has 0 aromatic heterocycles. The first-order chi connectivity index (χ1) is 15.3. The number of ether oxygens (including phenoxy) is 2. The average molecular weight is 482 g/mol. The van der Waals surface area contributed by atoms with E-state index in [9.17, 15) is 14.4 Å². The van der Waals surface area contributed by atoms with Crippen molar-refractivity contribution in [2.24, 2.45) is 4.99 Å². The van der Waals surface area contributed by atoms with Crippen molar-refractivity contribution >= 4 is 36.0 Å². The van der Waals surface area contributed by atoms with Gasteiger partial charge in [0.15, 0.2) is 0 Å². The summed E-state index contributed by atoms with van der Waals surface area (Å²) in [4.78, 5) is 41.9. The molecule has 0 aliphatic heterocycles. The smallest absolute Gasteiger partial charge is 0.417 e. The number of guanidine groups is 1. The molecular formula is C24H36ClN3O5. The minimum Gasteiger partial charge on any atom is -0.444 e. The van der Waals surface area contributed by atoms with E-state index in [1.54, 1.807) is 53.7 Å². The third kappa shape index (κ3) is 12.9. The fourth-order valence-corrected chi connectivity index (χ4v) is 2.75. The maximum atomic E-state index is 12.9. The summed E-state index contributed by atoms with van der Waals surface area (Å²) in [7, 11) is 0. The zero-order chi connectivity index (χ0) is 25.1. The van der Waals surface area contributed by atoms with Gasteiger partial charge >= 0.3 is 12.2 Å². The van der Waals surface area contributed by atoms with Gasteiger partial charge in [0.2, 0.25) is 5.96 Å². The summed E-state index contributed by atoms with van der Waals surface area (Å²) in [6.07, 6.45) is 1.54. The lowest BCUT2D eigenvalue weighted by atomic mass is 10.1. The van der Waals surface area contributed by atoms with Gasteiger partial charge in [0.05, 0.1) is 0 Å². The zero-order valence-corrected chi connectivity index (χ0v) is 21.2. The molecule has 0 saturated heterocycles. The van der Waals surface area contributed by atoms with Gasteiger partial charge < -0.3 is 14.3 Å². The quantitative estimate of drug-likeness (QED) is 0.233. The molecule has 0 heterocycles. The number of carbonyl (C=O) groups is 3. The van der Waals surface area contributed by atoms with E-state index in [0.29, 0.717) is 37.3 Å². The summed E-state index contributed by atoms with van der Waals surface area (Å²) >= 11 is 5.94. The van der Waals surface area contributed by atoms with Crippen LogP contribution in [0.1, 0.15) is 66.4 Å². The molecule has 0 aliphatic carbocycles. The standard InChI is InChI=1S/C24H36ClN3O5/c1-23(2,3)32-21(30)27-20(26-15-14-18-10-12-19(25)13-11-18)28(16-8-7-9-17-29)22(31)33-24(4,5)6/h10-13,17H,7-9,14-16H2,1-6H3,(H,26,27,30). The molecule has 0 fully saturated rings. The van der Waals surface area contributed by atoms with Crippen LogP contribution in [0.15, 0.2) is 29.3 Å². The maximum absolute atomic E-state index is 12.9. The zero-order valence-electron chi connectivity index (χ0n) is 20.4. The summed E-state index contributed by atoms with van der Waals surface area (Å²) < 4.78 is 10.9. The second-order valence-corrected chi connectivity index (χ2v) is 9.94. The van der Waals surface area contributed by atoms with E-state index in [2.05, 4.69) is 10.3 Å². The molecule has 1 rings (SSSR count). The van der Waals surface area contributed by atoms with E-state index < -0.39 is 23.4 Å². The first-order valence-corrected chi connectivity index (χ1v) is 11.4. The van der Waals surface area contributed by atoms with Crippen LogP contribution in [0, 0.1) is 0 Å². The largest absolute Gasteiger partial charge is 0.444 e. The summed E-state index contributed by atoms with van der Waals surface area (Å²) in [6.45, 7) is 11.0. The molecule has 33 heavy (non-hydrogen) atoms. The summed E-state index contributed by atoms with van der Waals surface area (Å²) in [5.74, 6) is 0.0403. The Morgan fingerprint density at radius 2 is 1.64 bits per heavy atom. The van der Waals surface area contributed by atoms with Crippen molar-refractivity contribution < 1.29 is 23.9 Å². The number of benzene rings is 1. The van der Waals surface area contributed by atoms with E-state index in [0.717, 1.165) is 11.8 Å². The molecule has 0 saturated carbocycles. The van der Waals surface area contributed by atoms with Crippen LogP contribution in [0.4, 0.5) is 9.59 Å². The number of carbonyl (C=O) groups excluding carboxylic acids is 3. The summed E-state index contributed by atoms with van der Waals surface area (Å²) in [5, 5.41) is 3.24. The topological polar surface area (TPSA) is 97.3 Å². The van der Waals surface area contributed by atoms with E-state index in [4.69, 9.17) is 21.1 Å². The Kier molecular flexibility index (Phi) is 11.4. The number of rotatable bonds is 8. The lowest BCUT2D eigenvalue weighted by Gasteiger charge is -2.29. The average Bonchev–Trinajstić information content (AvgIpc) is 2.66. The number of hydrogen-bond acceptors (Lipinski definition) is 6. The van der Waals surface area contributed by atoms with Gasteiger partial charge in [-0.05, 0) is 78.5 Å². The molecule has 1 aromatic carbocycles. The highest BCUT2D eigenvalue weighted by molar-refractivity contribution is 6.30. The number of alkyl carbamates (subject to hydrolysis) is 1. The molecule has 184 valence electrons. The number of nitrogens with zero attached hydrogens (tertiary/aromatic N) is 2. The normalized spacial score (nSPS) is 12.2. The van der Waals surface area contributed by atoms with Crippen LogP contribution in [0.5, 0.6) is 0 Å². The number of unbranched alkanes of at least 4 members (excludes halogenated alkanes) is 2. The van der Waals surface area contributed by atoms with Crippen molar-refractivity contribution in [1.82, 2.24) is 10.2 Å². The number of halogens is 1. The van der Waals surface area contributed by atoms with Gasteiger partial charge in [-0.15, -0.1) is 0 Å². The Labute approximate surface area is 201 Å². The molecule has 1 N–H and O–H groups in total. The van der Waals surface area contributed by atoms with E-state index in [-0.39, 0.29) is 12.5 Å². The number of amides is 2.